The first-order chi connectivity index (χ1) is 9.17. The van der Waals surface area contributed by atoms with Gasteiger partial charge in [-0.2, -0.15) is 5.26 Å². The van der Waals surface area contributed by atoms with Crippen LogP contribution in [0.25, 0.3) is 0 Å². The Bertz CT molecular complexity index is 632. The molecule has 2 N–H and O–H groups in total. The predicted molar refractivity (Wildman–Crippen MR) is 83.0 cm³/mol. The lowest BCUT2D eigenvalue weighted by Gasteiger charge is -2.07. The zero-order valence-electron chi connectivity index (χ0n) is 9.85. The van der Waals surface area contributed by atoms with Crippen LogP contribution in [0.15, 0.2) is 48.5 Å². The number of anilines is 2. The van der Waals surface area contributed by atoms with E-state index in [0.29, 0.717) is 16.9 Å². The SMILES string of the molecule is N#Cc1cccc(NC(=O)Nc2ccc(I)cc2)c1. The fourth-order valence-corrected chi connectivity index (χ4v) is 1.85. The highest BCUT2D eigenvalue weighted by atomic mass is 127. The summed E-state index contributed by atoms with van der Waals surface area (Å²) < 4.78 is 1.10. The van der Waals surface area contributed by atoms with Crippen molar-refractivity contribution in [2.75, 3.05) is 10.6 Å². The summed E-state index contributed by atoms with van der Waals surface area (Å²) in [6.07, 6.45) is 0. The Balaban J connectivity index is 2.01. The van der Waals surface area contributed by atoms with Gasteiger partial charge in [0.25, 0.3) is 0 Å². The van der Waals surface area contributed by atoms with E-state index in [1.54, 1.807) is 24.3 Å². The lowest BCUT2D eigenvalue weighted by molar-refractivity contribution is 0.262. The van der Waals surface area contributed by atoms with Gasteiger partial charge in [0.15, 0.2) is 0 Å². The maximum Gasteiger partial charge on any atom is 0.323 e. The molecule has 0 aliphatic carbocycles. The van der Waals surface area contributed by atoms with E-state index in [-0.39, 0.29) is 6.03 Å². The standard InChI is InChI=1S/C14H10IN3O/c15-11-4-6-12(7-5-11)17-14(19)18-13-3-1-2-10(8-13)9-16/h1-8H,(H2,17,18,19). The zero-order chi connectivity index (χ0) is 13.7. The molecule has 0 unspecified atom stereocenters. The van der Waals surface area contributed by atoms with Crippen LogP contribution in [0.3, 0.4) is 0 Å². The molecule has 0 aliphatic heterocycles. The van der Waals surface area contributed by atoms with Gasteiger partial charge >= 0.3 is 6.03 Å². The summed E-state index contributed by atoms with van der Waals surface area (Å²) in [4.78, 5) is 11.8. The number of hydrogen-bond donors (Lipinski definition) is 2. The third-order valence-electron chi connectivity index (χ3n) is 2.35. The van der Waals surface area contributed by atoms with Gasteiger partial charge in [-0.25, -0.2) is 4.79 Å². The van der Waals surface area contributed by atoms with Crippen LogP contribution in [0.1, 0.15) is 5.56 Å². The third-order valence-corrected chi connectivity index (χ3v) is 3.07. The van der Waals surface area contributed by atoms with E-state index in [1.807, 2.05) is 30.3 Å². The molecule has 0 bridgehead atoms. The molecule has 0 heterocycles. The molecule has 4 nitrogen and oxygen atoms in total. The first-order valence-corrected chi connectivity index (χ1v) is 6.59. The molecule has 0 saturated carbocycles. The summed E-state index contributed by atoms with van der Waals surface area (Å²) in [5, 5.41) is 14.2. The fraction of sp³-hybridized carbons (Fsp3) is 0. The van der Waals surface area contributed by atoms with Crippen molar-refractivity contribution >= 4 is 40.0 Å². The van der Waals surface area contributed by atoms with Crippen molar-refractivity contribution < 1.29 is 4.79 Å². The van der Waals surface area contributed by atoms with Crippen molar-refractivity contribution in [1.29, 1.82) is 5.26 Å². The predicted octanol–water partition coefficient (Wildman–Crippen LogP) is 3.81. The molecular weight excluding hydrogens is 353 g/mol. The average Bonchev–Trinajstić information content (AvgIpc) is 2.41. The van der Waals surface area contributed by atoms with Gasteiger partial charge in [0.2, 0.25) is 0 Å². The fourth-order valence-electron chi connectivity index (χ4n) is 1.49. The summed E-state index contributed by atoms with van der Waals surface area (Å²) in [6, 6.07) is 15.9. The lowest BCUT2D eigenvalue weighted by atomic mass is 10.2. The van der Waals surface area contributed by atoms with E-state index in [4.69, 9.17) is 5.26 Å². The normalized spacial score (nSPS) is 9.47. The Morgan fingerprint density at radius 2 is 1.74 bits per heavy atom. The molecule has 2 aromatic rings. The number of nitrogens with zero attached hydrogens (tertiary/aromatic N) is 1. The summed E-state index contributed by atoms with van der Waals surface area (Å²) >= 11 is 2.20. The highest BCUT2D eigenvalue weighted by Gasteiger charge is 2.03. The molecule has 0 fully saturated rings. The van der Waals surface area contributed by atoms with Gasteiger partial charge in [0, 0.05) is 14.9 Å². The third kappa shape index (κ3) is 3.96. The van der Waals surface area contributed by atoms with Gasteiger partial charge in [-0.1, -0.05) is 6.07 Å². The second-order valence-corrected chi connectivity index (χ2v) is 5.02. The maximum atomic E-state index is 11.8. The Morgan fingerprint density at radius 1 is 1.05 bits per heavy atom. The molecule has 0 spiro atoms. The van der Waals surface area contributed by atoms with Crippen LogP contribution in [0, 0.1) is 14.9 Å². The number of amides is 2. The minimum Gasteiger partial charge on any atom is -0.308 e. The molecule has 0 aromatic heterocycles. The number of urea groups is 1. The van der Waals surface area contributed by atoms with Gasteiger partial charge in [0.1, 0.15) is 0 Å². The van der Waals surface area contributed by atoms with Crippen molar-refractivity contribution in [2.45, 2.75) is 0 Å². The van der Waals surface area contributed by atoms with E-state index >= 15 is 0 Å². The molecular formula is C14H10IN3O. The number of halogens is 1. The van der Waals surface area contributed by atoms with Crippen molar-refractivity contribution in [3.63, 3.8) is 0 Å². The quantitative estimate of drug-likeness (QED) is 0.797. The first kappa shape index (κ1) is 13.4. The Hall–Kier alpha value is -2.07. The van der Waals surface area contributed by atoms with Gasteiger partial charge < -0.3 is 10.6 Å². The number of nitrogens with one attached hydrogen (secondary N) is 2. The van der Waals surface area contributed by atoms with Crippen LogP contribution in [0.2, 0.25) is 0 Å². The second kappa shape index (κ2) is 6.20. The van der Waals surface area contributed by atoms with Gasteiger partial charge in [-0.15, -0.1) is 0 Å². The van der Waals surface area contributed by atoms with Crippen molar-refractivity contribution in [3.8, 4) is 6.07 Å². The molecule has 94 valence electrons. The van der Waals surface area contributed by atoms with Crippen molar-refractivity contribution in [2.24, 2.45) is 0 Å². The van der Waals surface area contributed by atoms with Crippen LogP contribution >= 0.6 is 22.6 Å². The average molecular weight is 363 g/mol. The van der Waals surface area contributed by atoms with Gasteiger partial charge in [-0.3, -0.25) is 0 Å². The largest absolute Gasteiger partial charge is 0.323 e. The Morgan fingerprint density at radius 3 is 2.42 bits per heavy atom. The second-order valence-electron chi connectivity index (χ2n) is 3.78. The van der Waals surface area contributed by atoms with Crippen LogP contribution in [0.5, 0.6) is 0 Å². The van der Waals surface area contributed by atoms with E-state index in [1.165, 1.54) is 0 Å². The number of hydrogen-bond acceptors (Lipinski definition) is 2. The highest BCUT2D eigenvalue weighted by Crippen LogP contribution is 2.13. The van der Waals surface area contributed by atoms with Crippen molar-refractivity contribution in [3.05, 3.63) is 57.7 Å². The number of benzene rings is 2. The molecule has 0 saturated heterocycles. The smallest absolute Gasteiger partial charge is 0.308 e. The van der Waals surface area contributed by atoms with Crippen LogP contribution < -0.4 is 10.6 Å². The molecule has 5 heteroatoms. The summed E-state index contributed by atoms with van der Waals surface area (Å²) in [5.74, 6) is 0. The summed E-state index contributed by atoms with van der Waals surface area (Å²) in [7, 11) is 0. The summed E-state index contributed by atoms with van der Waals surface area (Å²) in [5.41, 5.74) is 1.81. The van der Waals surface area contributed by atoms with Crippen molar-refractivity contribution in [1.82, 2.24) is 0 Å². The molecule has 19 heavy (non-hydrogen) atoms. The molecule has 0 atom stereocenters. The van der Waals surface area contributed by atoms with Crippen LogP contribution in [-0.2, 0) is 0 Å². The molecule has 2 rings (SSSR count). The van der Waals surface area contributed by atoms with E-state index in [0.717, 1.165) is 3.57 Å². The van der Waals surface area contributed by atoms with E-state index in [2.05, 4.69) is 33.2 Å². The maximum absolute atomic E-state index is 11.8. The van der Waals surface area contributed by atoms with Gasteiger partial charge in [0.05, 0.1) is 11.6 Å². The Kier molecular flexibility index (Phi) is 4.36. The minimum absolute atomic E-state index is 0.337. The monoisotopic (exact) mass is 363 g/mol. The van der Waals surface area contributed by atoms with Crippen LogP contribution in [-0.4, -0.2) is 6.03 Å². The minimum atomic E-state index is -0.337. The Labute approximate surface area is 124 Å². The number of carbonyl (C=O) groups is 1. The van der Waals surface area contributed by atoms with Crippen LogP contribution in [0.4, 0.5) is 16.2 Å². The number of carbonyl (C=O) groups excluding carboxylic acids is 1. The molecule has 0 aliphatic rings. The number of rotatable bonds is 2. The number of nitriles is 1. The molecule has 2 amide bonds. The highest BCUT2D eigenvalue weighted by molar-refractivity contribution is 14.1. The summed E-state index contributed by atoms with van der Waals surface area (Å²) in [6.45, 7) is 0. The first-order valence-electron chi connectivity index (χ1n) is 5.51. The zero-order valence-corrected chi connectivity index (χ0v) is 12.0. The molecule has 2 aromatic carbocycles. The van der Waals surface area contributed by atoms with E-state index < -0.39 is 0 Å². The topological polar surface area (TPSA) is 64.9 Å². The van der Waals surface area contributed by atoms with Gasteiger partial charge in [-0.05, 0) is 65.1 Å². The lowest BCUT2D eigenvalue weighted by Crippen LogP contribution is -2.19. The molecule has 0 radical (unpaired) electrons. The van der Waals surface area contributed by atoms with E-state index in [9.17, 15) is 4.79 Å².